The Hall–Kier alpha value is -1.20. The molecule has 0 aliphatic rings. The number of nitrogens with two attached hydrogens (primary N) is 1. The average Bonchev–Trinajstić information content (AvgIpc) is 2.82. The van der Waals surface area contributed by atoms with Crippen molar-refractivity contribution in [2.24, 2.45) is 12.8 Å². The summed E-state index contributed by atoms with van der Waals surface area (Å²) in [6, 6.07) is 4.05. The standard InChI is InChI=1S/C12H18N4S/c1-12(2,13)7-6-10-14-11(15-16(10)3)9-5-4-8-17-9/h4-5,8H,6-7,13H2,1-3H3. The van der Waals surface area contributed by atoms with Gasteiger partial charge >= 0.3 is 0 Å². The summed E-state index contributed by atoms with van der Waals surface area (Å²) < 4.78 is 1.85. The normalized spacial score (nSPS) is 12.0. The van der Waals surface area contributed by atoms with Crippen LogP contribution in [0.5, 0.6) is 0 Å². The summed E-state index contributed by atoms with van der Waals surface area (Å²) in [7, 11) is 1.93. The van der Waals surface area contributed by atoms with Crippen molar-refractivity contribution in [2.45, 2.75) is 32.2 Å². The average molecular weight is 250 g/mol. The highest BCUT2D eigenvalue weighted by molar-refractivity contribution is 7.13. The summed E-state index contributed by atoms with van der Waals surface area (Å²) in [6.07, 6.45) is 1.77. The van der Waals surface area contributed by atoms with E-state index in [1.54, 1.807) is 11.3 Å². The van der Waals surface area contributed by atoms with Crippen molar-refractivity contribution in [3.63, 3.8) is 0 Å². The van der Waals surface area contributed by atoms with Crippen LogP contribution in [0.4, 0.5) is 0 Å². The Morgan fingerprint density at radius 1 is 1.47 bits per heavy atom. The second-order valence-corrected chi connectivity index (χ2v) is 5.89. The van der Waals surface area contributed by atoms with Gasteiger partial charge in [0.05, 0.1) is 4.88 Å². The zero-order chi connectivity index (χ0) is 12.5. The lowest BCUT2D eigenvalue weighted by Gasteiger charge is -2.17. The minimum Gasteiger partial charge on any atom is -0.326 e. The van der Waals surface area contributed by atoms with Gasteiger partial charge in [0, 0.05) is 19.0 Å². The maximum absolute atomic E-state index is 5.98. The highest BCUT2D eigenvalue weighted by Crippen LogP contribution is 2.21. The fraction of sp³-hybridized carbons (Fsp3) is 0.500. The third kappa shape index (κ3) is 3.14. The zero-order valence-corrected chi connectivity index (χ0v) is 11.3. The molecule has 92 valence electrons. The molecule has 0 aliphatic carbocycles. The third-order valence-corrected chi connectivity index (χ3v) is 3.45. The van der Waals surface area contributed by atoms with Gasteiger partial charge in [-0.2, -0.15) is 5.10 Å². The molecule has 0 aliphatic heterocycles. The first-order valence-corrected chi connectivity index (χ1v) is 6.56. The molecule has 2 N–H and O–H groups in total. The molecule has 2 aromatic rings. The Balaban J connectivity index is 2.14. The first kappa shape index (κ1) is 12.3. The smallest absolute Gasteiger partial charge is 0.191 e. The van der Waals surface area contributed by atoms with Crippen LogP contribution in [0, 0.1) is 0 Å². The second kappa shape index (κ2) is 4.58. The van der Waals surface area contributed by atoms with E-state index in [0.29, 0.717) is 0 Å². The highest BCUT2D eigenvalue weighted by Gasteiger charge is 2.15. The van der Waals surface area contributed by atoms with Gasteiger partial charge in [0.1, 0.15) is 5.82 Å². The Morgan fingerprint density at radius 2 is 2.24 bits per heavy atom. The van der Waals surface area contributed by atoms with Crippen LogP contribution in [0.25, 0.3) is 10.7 Å². The van der Waals surface area contributed by atoms with Crippen molar-refractivity contribution >= 4 is 11.3 Å². The molecule has 5 heteroatoms. The molecule has 2 rings (SSSR count). The van der Waals surface area contributed by atoms with Crippen LogP contribution in [-0.4, -0.2) is 20.3 Å². The van der Waals surface area contributed by atoms with Crippen LogP contribution in [0.3, 0.4) is 0 Å². The molecule has 2 aromatic heterocycles. The number of rotatable bonds is 4. The van der Waals surface area contributed by atoms with Gasteiger partial charge < -0.3 is 5.73 Å². The zero-order valence-electron chi connectivity index (χ0n) is 10.5. The predicted molar refractivity (Wildman–Crippen MR) is 70.9 cm³/mol. The lowest BCUT2D eigenvalue weighted by Crippen LogP contribution is -2.32. The minimum atomic E-state index is -0.158. The van der Waals surface area contributed by atoms with Crippen LogP contribution in [0.15, 0.2) is 17.5 Å². The molecule has 0 spiro atoms. The maximum Gasteiger partial charge on any atom is 0.191 e. The van der Waals surface area contributed by atoms with E-state index in [-0.39, 0.29) is 5.54 Å². The van der Waals surface area contributed by atoms with Crippen molar-refractivity contribution in [3.8, 4) is 10.7 Å². The molecule has 0 bridgehead atoms. The molecule has 0 saturated heterocycles. The van der Waals surface area contributed by atoms with Crippen molar-refractivity contribution in [2.75, 3.05) is 0 Å². The van der Waals surface area contributed by atoms with Crippen molar-refractivity contribution < 1.29 is 0 Å². The summed E-state index contributed by atoms with van der Waals surface area (Å²) in [5.41, 5.74) is 5.82. The summed E-state index contributed by atoms with van der Waals surface area (Å²) in [6.45, 7) is 4.06. The summed E-state index contributed by atoms with van der Waals surface area (Å²) in [5, 5.41) is 6.46. The van der Waals surface area contributed by atoms with E-state index in [2.05, 4.69) is 10.1 Å². The summed E-state index contributed by atoms with van der Waals surface area (Å²) >= 11 is 1.66. The topological polar surface area (TPSA) is 56.7 Å². The summed E-state index contributed by atoms with van der Waals surface area (Å²) in [4.78, 5) is 5.67. The predicted octanol–water partition coefficient (Wildman–Crippen LogP) is 2.21. The number of hydrogen-bond donors (Lipinski definition) is 1. The van der Waals surface area contributed by atoms with E-state index >= 15 is 0 Å². The molecule has 0 unspecified atom stereocenters. The lowest BCUT2D eigenvalue weighted by atomic mass is 10.00. The molecule has 0 atom stereocenters. The van der Waals surface area contributed by atoms with E-state index in [4.69, 9.17) is 5.73 Å². The fourth-order valence-electron chi connectivity index (χ4n) is 1.58. The van der Waals surface area contributed by atoms with Crippen molar-refractivity contribution in [3.05, 3.63) is 23.3 Å². The monoisotopic (exact) mass is 250 g/mol. The fourth-order valence-corrected chi connectivity index (χ4v) is 2.23. The Kier molecular flexibility index (Phi) is 3.31. The molecule has 17 heavy (non-hydrogen) atoms. The van der Waals surface area contributed by atoms with Crippen LogP contribution in [0.1, 0.15) is 26.1 Å². The molecule has 0 aromatic carbocycles. The van der Waals surface area contributed by atoms with E-state index < -0.39 is 0 Å². The summed E-state index contributed by atoms with van der Waals surface area (Å²) in [5.74, 6) is 1.80. The van der Waals surface area contributed by atoms with Crippen LogP contribution < -0.4 is 5.73 Å². The number of hydrogen-bond acceptors (Lipinski definition) is 4. The van der Waals surface area contributed by atoms with Crippen molar-refractivity contribution in [1.82, 2.24) is 14.8 Å². The Labute approximate surface area is 105 Å². The lowest BCUT2D eigenvalue weighted by molar-refractivity contribution is 0.465. The largest absolute Gasteiger partial charge is 0.326 e. The molecule has 4 nitrogen and oxygen atoms in total. The van der Waals surface area contributed by atoms with Gasteiger partial charge in [0.2, 0.25) is 0 Å². The minimum absolute atomic E-state index is 0.158. The Bertz CT molecular complexity index is 479. The first-order valence-electron chi connectivity index (χ1n) is 5.68. The van der Waals surface area contributed by atoms with Gasteiger partial charge in [0.25, 0.3) is 0 Å². The number of aryl methyl sites for hydroxylation is 2. The van der Waals surface area contributed by atoms with Gasteiger partial charge in [-0.1, -0.05) is 6.07 Å². The molecule has 0 amide bonds. The third-order valence-electron chi connectivity index (χ3n) is 2.59. The van der Waals surface area contributed by atoms with Crippen LogP contribution >= 0.6 is 11.3 Å². The van der Waals surface area contributed by atoms with Gasteiger partial charge in [-0.05, 0) is 31.7 Å². The van der Waals surface area contributed by atoms with E-state index in [0.717, 1.165) is 29.4 Å². The molecule has 0 saturated carbocycles. The highest BCUT2D eigenvalue weighted by atomic mass is 32.1. The Morgan fingerprint density at radius 3 is 2.82 bits per heavy atom. The molecular formula is C12H18N4S. The quantitative estimate of drug-likeness (QED) is 0.905. The number of thiophene rings is 1. The first-order chi connectivity index (χ1) is 7.96. The van der Waals surface area contributed by atoms with Gasteiger partial charge in [-0.15, -0.1) is 11.3 Å². The van der Waals surface area contributed by atoms with Gasteiger partial charge in [-0.25, -0.2) is 4.98 Å². The maximum atomic E-state index is 5.98. The molecular weight excluding hydrogens is 232 g/mol. The molecule has 0 fully saturated rings. The van der Waals surface area contributed by atoms with E-state index in [1.165, 1.54) is 0 Å². The van der Waals surface area contributed by atoms with Crippen molar-refractivity contribution in [1.29, 1.82) is 0 Å². The number of nitrogens with zero attached hydrogens (tertiary/aromatic N) is 3. The molecule has 0 radical (unpaired) electrons. The van der Waals surface area contributed by atoms with Crippen LogP contribution in [-0.2, 0) is 13.5 Å². The van der Waals surface area contributed by atoms with Crippen LogP contribution in [0.2, 0.25) is 0 Å². The SMILES string of the molecule is Cn1nc(-c2cccs2)nc1CCC(C)(C)N. The molecule has 2 heterocycles. The van der Waals surface area contributed by atoms with Gasteiger partial charge in [-0.3, -0.25) is 4.68 Å². The van der Waals surface area contributed by atoms with Gasteiger partial charge in [0.15, 0.2) is 5.82 Å². The second-order valence-electron chi connectivity index (χ2n) is 4.94. The van der Waals surface area contributed by atoms with E-state index in [1.807, 2.05) is 43.1 Å². The van der Waals surface area contributed by atoms with E-state index in [9.17, 15) is 0 Å². The number of aromatic nitrogens is 3.